The van der Waals surface area contributed by atoms with Crippen LogP contribution in [0.3, 0.4) is 0 Å². The summed E-state index contributed by atoms with van der Waals surface area (Å²) in [5.74, 6) is -0.167. The van der Waals surface area contributed by atoms with Crippen LogP contribution in [-0.2, 0) is 0 Å². The van der Waals surface area contributed by atoms with Crippen LogP contribution < -0.4 is 10.2 Å². The molecule has 18 heavy (non-hydrogen) atoms. The van der Waals surface area contributed by atoms with E-state index in [-0.39, 0.29) is 11.9 Å². The topological polar surface area (TPSA) is 15.3 Å². The van der Waals surface area contributed by atoms with Crippen molar-refractivity contribution in [3.63, 3.8) is 0 Å². The summed E-state index contributed by atoms with van der Waals surface area (Å²) in [7, 11) is 1.90. The van der Waals surface area contributed by atoms with E-state index in [4.69, 9.17) is 0 Å². The Labute approximate surface area is 108 Å². The fraction of sp³-hybridized carbons (Fsp3) is 0.467. The Morgan fingerprint density at radius 1 is 1.39 bits per heavy atom. The van der Waals surface area contributed by atoms with Crippen LogP contribution in [0.4, 0.5) is 10.1 Å². The first-order valence-corrected chi connectivity index (χ1v) is 6.49. The van der Waals surface area contributed by atoms with Crippen LogP contribution in [-0.4, -0.2) is 20.1 Å². The summed E-state index contributed by atoms with van der Waals surface area (Å²) < 4.78 is 13.4. The van der Waals surface area contributed by atoms with Crippen molar-refractivity contribution in [3.8, 4) is 0 Å². The number of hydrogen-bond acceptors (Lipinski definition) is 2. The molecule has 1 atom stereocenters. The molecule has 2 rings (SSSR count). The van der Waals surface area contributed by atoms with Gasteiger partial charge < -0.3 is 10.2 Å². The third-order valence-corrected chi connectivity index (χ3v) is 3.67. The Morgan fingerprint density at radius 2 is 2.17 bits per heavy atom. The van der Waals surface area contributed by atoms with E-state index in [0.29, 0.717) is 0 Å². The maximum Gasteiger partial charge on any atom is 0.123 e. The molecule has 1 heterocycles. The van der Waals surface area contributed by atoms with E-state index in [1.807, 2.05) is 13.1 Å². The summed E-state index contributed by atoms with van der Waals surface area (Å²) >= 11 is 0. The molecule has 2 nitrogen and oxygen atoms in total. The monoisotopic (exact) mass is 248 g/mol. The van der Waals surface area contributed by atoms with Gasteiger partial charge in [-0.2, -0.15) is 0 Å². The lowest BCUT2D eigenvalue weighted by Crippen LogP contribution is -2.30. The highest BCUT2D eigenvalue weighted by atomic mass is 19.1. The van der Waals surface area contributed by atoms with Crippen molar-refractivity contribution in [1.82, 2.24) is 5.32 Å². The standard InChI is InChI=1S/C15H21FN2/c1-11-6-8-18(9-7-11)15-5-4-13(16)10-14(15)12(2)17-3/h4-6,10,12,17H,7-9H2,1-3H3. The zero-order valence-electron chi connectivity index (χ0n) is 11.3. The van der Waals surface area contributed by atoms with Crippen LogP contribution in [0, 0.1) is 5.82 Å². The summed E-state index contributed by atoms with van der Waals surface area (Å²) in [6.45, 7) is 6.15. The van der Waals surface area contributed by atoms with Crippen molar-refractivity contribution in [2.45, 2.75) is 26.3 Å². The van der Waals surface area contributed by atoms with Crippen LogP contribution in [0.5, 0.6) is 0 Å². The first kappa shape index (κ1) is 13.1. The highest BCUT2D eigenvalue weighted by molar-refractivity contribution is 5.56. The first-order valence-electron chi connectivity index (χ1n) is 6.49. The molecule has 98 valence electrons. The molecule has 1 aromatic rings. The normalized spacial score (nSPS) is 17.6. The molecule has 3 heteroatoms. The third-order valence-electron chi connectivity index (χ3n) is 3.67. The van der Waals surface area contributed by atoms with Crippen molar-refractivity contribution in [1.29, 1.82) is 0 Å². The molecule has 0 radical (unpaired) electrons. The number of nitrogens with zero attached hydrogens (tertiary/aromatic N) is 1. The van der Waals surface area contributed by atoms with Gasteiger partial charge in [-0.25, -0.2) is 4.39 Å². The highest BCUT2D eigenvalue weighted by Crippen LogP contribution is 2.29. The Hall–Kier alpha value is -1.35. The number of rotatable bonds is 3. The predicted octanol–water partition coefficient (Wildman–Crippen LogP) is 3.26. The second-order valence-corrected chi connectivity index (χ2v) is 4.96. The number of benzene rings is 1. The van der Waals surface area contributed by atoms with Gasteiger partial charge in [0.1, 0.15) is 5.82 Å². The summed E-state index contributed by atoms with van der Waals surface area (Å²) in [6, 6.07) is 5.24. The summed E-state index contributed by atoms with van der Waals surface area (Å²) in [5.41, 5.74) is 3.61. The van der Waals surface area contributed by atoms with Gasteiger partial charge in [-0.05, 0) is 51.1 Å². The van der Waals surface area contributed by atoms with E-state index < -0.39 is 0 Å². The van der Waals surface area contributed by atoms with E-state index in [2.05, 4.69) is 30.1 Å². The minimum atomic E-state index is -0.167. The highest BCUT2D eigenvalue weighted by Gasteiger charge is 2.17. The smallest absolute Gasteiger partial charge is 0.123 e. The number of hydrogen-bond donors (Lipinski definition) is 1. The van der Waals surface area contributed by atoms with Crippen LogP contribution in [0.15, 0.2) is 29.8 Å². The SMILES string of the molecule is CNC(C)c1cc(F)ccc1N1CC=C(C)CC1. The fourth-order valence-electron chi connectivity index (χ4n) is 2.31. The average Bonchev–Trinajstić information content (AvgIpc) is 2.39. The molecule has 0 saturated carbocycles. The van der Waals surface area contributed by atoms with Crippen molar-refractivity contribution in [2.24, 2.45) is 0 Å². The van der Waals surface area contributed by atoms with Gasteiger partial charge in [0.2, 0.25) is 0 Å². The molecule has 1 aliphatic heterocycles. The third kappa shape index (κ3) is 2.72. The quantitative estimate of drug-likeness (QED) is 0.826. The molecule has 0 fully saturated rings. The summed E-state index contributed by atoms with van der Waals surface area (Å²) in [6.07, 6.45) is 3.34. The lowest BCUT2D eigenvalue weighted by Gasteiger charge is -2.31. The minimum absolute atomic E-state index is 0.155. The molecule has 1 aliphatic rings. The molecular formula is C15H21FN2. The molecule has 1 N–H and O–H groups in total. The van der Waals surface area contributed by atoms with Crippen molar-refractivity contribution >= 4 is 5.69 Å². The fourth-order valence-corrected chi connectivity index (χ4v) is 2.31. The van der Waals surface area contributed by atoms with Gasteiger partial charge in [0, 0.05) is 24.8 Å². The van der Waals surface area contributed by atoms with E-state index >= 15 is 0 Å². The number of anilines is 1. The van der Waals surface area contributed by atoms with Crippen molar-refractivity contribution < 1.29 is 4.39 Å². The lowest BCUT2D eigenvalue weighted by atomic mass is 10.0. The average molecular weight is 248 g/mol. The molecule has 0 spiro atoms. The van der Waals surface area contributed by atoms with Gasteiger partial charge in [0.25, 0.3) is 0 Å². The lowest BCUT2D eigenvalue weighted by molar-refractivity contribution is 0.606. The van der Waals surface area contributed by atoms with Crippen LogP contribution in [0.25, 0.3) is 0 Å². The van der Waals surface area contributed by atoms with Crippen LogP contribution in [0.2, 0.25) is 0 Å². The molecule has 1 unspecified atom stereocenters. The predicted molar refractivity (Wildman–Crippen MR) is 74.5 cm³/mol. The number of halogens is 1. The van der Waals surface area contributed by atoms with Gasteiger partial charge in [-0.3, -0.25) is 0 Å². The van der Waals surface area contributed by atoms with Crippen molar-refractivity contribution in [2.75, 3.05) is 25.0 Å². The Balaban J connectivity index is 2.32. The molecule has 0 saturated heterocycles. The van der Waals surface area contributed by atoms with Gasteiger partial charge in [0.05, 0.1) is 0 Å². The second-order valence-electron chi connectivity index (χ2n) is 4.96. The largest absolute Gasteiger partial charge is 0.367 e. The Bertz CT molecular complexity index is 454. The minimum Gasteiger partial charge on any atom is -0.367 e. The summed E-state index contributed by atoms with van der Waals surface area (Å²) in [5, 5.41) is 3.19. The first-order chi connectivity index (χ1) is 8.61. The van der Waals surface area contributed by atoms with E-state index in [0.717, 1.165) is 30.8 Å². The van der Waals surface area contributed by atoms with Crippen LogP contribution in [0.1, 0.15) is 31.9 Å². The summed E-state index contributed by atoms with van der Waals surface area (Å²) in [4.78, 5) is 2.32. The van der Waals surface area contributed by atoms with Crippen LogP contribution >= 0.6 is 0 Å². The van der Waals surface area contributed by atoms with Gasteiger partial charge >= 0.3 is 0 Å². The van der Waals surface area contributed by atoms with Gasteiger partial charge in [-0.1, -0.05) is 11.6 Å². The zero-order valence-corrected chi connectivity index (χ0v) is 11.3. The Kier molecular flexibility index (Phi) is 4.02. The molecule has 0 aromatic heterocycles. The molecule has 1 aromatic carbocycles. The maximum atomic E-state index is 13.4. The van der Waals surface area contributed by atoms with Gasteiger partial charge in [-0.15, -0.1) is 0 Å². The van der Waals surface area contributed by atoms with Crippen molar-refractivity contribution in [3.05, 3.63) is 41.2 Å². The molecule has 0 bridgehead atoms. The maximum absolute atomic E-state index is 13.4. The zero-order chi connectivity index (χ0) is 13.1. The molecular weight excluding hydrogens is 227 g/mol. The van der Waals surface area contributed by atoms with Gasteiger partial charge in [0.15, 0.2) is 0 Å². The van der Waals surface area contributed by atoms with E-state index in [1.165, 1.54) is 5.57 Å². The van der Waals surface area contributed by atoms with E-state index in [1.54, 1.807) is 12.1 Å². The second kappa shape index (κ2) is 5.53. The molecule has 0 aliphatic carbocycles. The molecule has 0 amide bonds. The van der Waals surface area contributed by atoms with E-state index in [9.17, 15) is 4.39 Å². The Morgan fingerprint density at radius 3 is 2.78 bits per heavy atom. The number of nitrogens with one attached hydrogen (secondary N) is 1.